The first kappa shape index (κ1) is 35.5. The molecule has 14 heteroatoms. The van der Waals surface area contributed by atoms with Crippen molar-refractivity contribution in [1.82, 2.24) is 14.3 Å². The third-order valence-electron chi connectivity index (χ3n) is 7.36. The zero-order valence-corrected chi connectivity index (χ0v) is 27.7. The predicted molar refractivity (Wildman–Crippen MR) is 180 cm³/mol. The van der Waals surface area contributed by atoms with Gasteiger partial charge in [-0.1, -0.05) is 18.2 Å². The van der Waals surface area contributed by atoms with Crippen LogP contribution in [0.15, 0.2) is 77.7 Å². The number of benzene rings is 3. The molecule has 0 saturated heterocycles. The molecule has 0 unspecified atom stereocenters. The summed E-state index contributed by atoms with van der Waals surface area (Å²) in [7, 11) is 3.01. The van der Waals surface area contributed by atoms with E-state index in [4.69, 9.17) is 24.7 Å². The Balaban J connectivity index is 0.00000520. The van der Waals surface area contributed by atoms with Gasteiger partial charge in [-0.25, -0.2) is 9.07 Å². The van der Waals surface area contributed by atoms with E-state index in [1.165, 1.54) is 44.2 Å². The van der Waals surface area contributed by atoms with Crippen molar-refractivity contribution in [3.8, 4) is 28.7 Å². The Bertz CT molecular complexity index is 2010. The number of hydrogen-bond donors (Lipinski definition) is 2. The van der Waals surface area contributed by atoms with Crippen LogP contribution in [0.3, 0.4) is 0 Å². The molecule has 0 radical (unpaired) electrons. The molecule has 3 aromatic carbocycles. The topological polar surface area (TPSA) is 149 Å². The van der Waals surface area contributed by atoms with Gasteiger partial charge in [-0.05, 0) is 57.2 Å². The van der Waals surface area contributed by atoms with E-state index >= 15 is 4.39 Å². The number of nitrogens with one attached hydrogen (secondary N) is 1. The Morgan fingerprint density at radius 2 is 1.65 bits per heavy atom. The van der Waals surface area contributed by atoms with Crippen molar-refractivity contribution in [3.63, 3.8) is 0 Å². The number of nitrogens with two attached hydrogens (primary N) is 1. The maximum absolute atomic E-state index is 15.3. The van der Waals surface area contributed by atoms with E-state index in [0.717, 1.165) is 6.07 Å². The molecule has 3 N–H and O–H groups in total. The maximum Gasteiger partial charge on any atom is 0.322 e. The Morgan fingerprint density at radius 3 is 2.29 bits per heavy atom. The minimum atomic E-state index is -0.824. The number of rotatable bonds is 11. The van der Waals surface area contributed by atoms with Gasteiger partial charge in [-0.15, -0.1) is 12.4 Å². The van der Waals surface area contributed by atoms with Crippen molar-refractivity contribution in [3.05, 3.63) is 100 Å². The number of fused-ring (bicyclic) bond motifs is 1. The lowest BCUT2D eigenvalue weighted by Crippen LogP contribution is -2.34. The highest BCUT2D eigenvalue weighted by Crippen LogP contribution is 2.37. The van der Waals surface area contributed by atoms with E-state index in [0.29, 0.717) is 39.5 Å². The molecule has 48 heavy (non-hydrogen) atoms. The van der Waals surface area contributed by atoms with Crippen LogP contribution in [-0.2, 0) is 16.1 Å². The van der Waals surface area contributed by atoms with Crippen LogP contribution >= 0.6 is 12.4 Å². The molecule has 2 aromatic heterocycles. The smallest absolute Gasteiger partial charge is 0.322 e. The Hall–Kier alpha value is -5.40. The van der Waals surface area contributed by atoms with Crippen molar-refractivity contribution < 1.29 is 32.9 Å². The van der Waals surface area contributed by atoms with Gasteiger partial charge in [-0.2, -0.15) is 0 Å². The van der Waals surface area contributed by atoms with E-state index in [2.05, 4.69) is 10.3 Å². The number of hydrogen-bond acceptors (Lipinski definition) is 9. The third-order valence-corrected chi connectivity index (χ3v) is 7.36. The number of amides is 1. The Labute approximate surface area is 281 Å². The standard InChI is InChI=1S/C34H34FN5O7.ClH/c1-19(46-34(43)20(2)36)18-39-21(3)31(33(42)40(39)23-9-7-6-8-10-23)32(41)38-22-11-12-28(25(35)15-22)47-27-13-14-37-26-17-30(45-5)29(44-4)16-24(26)27;/h6-17,19-20H,18,36H2,1-5H3,(H,38,41);1H/t19-,20+;/m1./s1. The molecular formula is C34H35ClFN5O7. The number of nitrogens with zero attached hydrogens (tertiary/aromatic N) is 3. The maximum atomic E-state index is 15.3. The van der Waals surface area contributed by atoms with E-state index in [9.17, 15) is 14.4 Å². The summed E-state index contributed by atoms with van der Waals surface area (Å²) < 4.78 is 40.3. The normalized spacial score (nSPS) is 12.1. The van der Waals surface area contributed by atoms with Crippen LogP contribution in [0.25, 0.3) is 16.6 Å². The first-order valence-electron chi connectivity index (χ1n) is 14.7. The minimum Gasteiger partial charge on any atom is -0.493 e. The number of methoxy groups -OCH3 is 2. The molecule has 0 aliphatic heterocycles. The highest BCUT2D eigenvalue weighted by atomic mass is 35.5. The van der Waals surface area contributed by atoms with Crippen LogP contribution in [0.4, 0.5) is 10.1 Å². The molecular weight excluding hydrogens is 645 g/mol. The number of halogens is 2. The fourth-order valence-electron chi connectivity index (χ4n) is 5.05. The van der Waals surface area contributed by atoms with E-state index in [1.807, 2.05) is 0 Å². The van der Waals surface area contributed by atoms with E-state index in [1.54, 1.807) is 67.1 Å². The van der Waals surface area contributed by atoms with Crippen LogP contribution < -0.4 is 30.8 Å². The van der Waals surface area contributed by atoms with Gasteiger partial charge in [0.15, 0.2) is 23.1 Å². The van der Waals surface area contributed by atoms with Crippen LogP contribution in [0.5, 0.6) is 23.0 Å². The Morgan fingerprint density at radius 1 is 0.958 bits per heavy atom. The second-order valence-corrected chi connectivity index (χ2v) is 10.8. The first-order valence-corrected chi connectivity index (χ1v) is 14.7. The van der Waals surface area contributed by atoms with Crippen molar-refractivity contribution in [2.24, 2.45) is 5.73 Å². The zero-order valence-electron chi connectivity index (χ0n) is 26.9. The van der Waals surface area contributed by atoms with Crippen LogP contribution in [-0.4, -0.2) is 52.6 Å². The van der Waals surface area contributed by atoms with Gasteiger partial charge in [0, 0.05) is 29.4 Å². The van der Waals surface area contributed by atoms with Crippen molar-refractivity contribution in [2.75, 3.05) is 19.5 Å². The van der Waals surface area contributed by atoms with Crippen LogP contribution in [0, 0.1) is 12.7 Å². The van der Waals surface area contributed by atoms with Gasteiger partial charge in [0.25, 0.3) is 11.5 Å². The predicted octanol–water partition coefficient (Wildman–Crippen LogP) is 5.40. The summed E-state index contributed by atoms with van der Waals surface area (Å²) in [6.45, 7) is 4.84. The number of pyridine rings is 1. The van der Waals surface area contributed by atoms with Crippen molar-refractivity contribution in [2.45, 2.75) is 39.5 Å². The molecule has 1 amide bonds. The number of aromatic nitrogens is 3. The Kier molecular flexibility index (Phi) is 11.1. The number of ether oxygens (including phenoxy) is 4. The average Bonchev–Trinajstić information content (AvgIpc) is 3.29. The third kappa shape index (κ3) is 7.27. The molecule has 2 heterocycles. The van der Waals surface area contributed by atoms with Crippen LogP contribution in [0.2, 0.25) is 0 Å². The van der Waals surface area contributed by atoms with Gasteiger partial charge in [0.05, 0.1) is 37.7 Å². The quantitative estimate of drug-likeness (QED) is 0.175. The summed E-state index contributed by atoms with van der Waals surface area (Å²) >= 11 is 0. The van der Waals surface area contributed by atoms with Gasteiger partial charge < -0.3 is 30.0 Å². The number of carbonyl (C=O) groups excluding carboxylic acids is 2. The summed E-state index contributed by atoms with van der Waals surface area (Å²) in [6, 6.07) is 16.8. The molecule has 0 aliphatic rings. The lowest BCUT2D eigenvalue weighted by Gasteiger charge is -2.19. The lowest BCUT2D eigenvalue weighted by molar-refractivity contribution is -0.150. The highest BCUT2D eigenvalue weighted by Gasteiger charge is 2.26. The first-order chi connectivity index (χ1) is 22.5. The molecule has 252 valence electrons. The number of esters is 1. The monoisotopic (exact) mass is 679 g/mol. The molecule has 5 aromatic rings. The van der Waals surface area contributed by atoms with Crippen LogP contribution in [0.1, 0.15) is 29.9 Å². The van der Waals surface area contributed by atoms with E-state index in [-0.39, 0.29) is 36.0 Å². The van der Waals surface area contributed by atoms with Crippen molar-refractivity contribution >= 4 is 40.9 Å². The summed E-state index contributed by atoms with van der Waals surface area (Å²) in [5.74, 6) is -0.941. The van der Waals surface area contributed by atoms with Gasteiger partial charge in [-0.3, -0.25) is 24.0 Å². The summed E-state index contributed by atoms with van der Waals surface area (Å²) in [6.07, 6.45) is 0.850. The largest absolute Gasteiger partial charge is 0.493 e. The lowest BCUT2D eigenvalue weighted by atomic mass is 10.1. The fraction of sp³-hybridized carbons (Fsp3) is 0.235. The molecule has 0 bridgehead atoms. The van der Waals surface area contributed by atoms with Gasteiger partial charge in [0.2, 0.25) is 0 Å². The molecule has 0 saturated carbocycles. The molecule has 0 fully saturated rings. The number of carbonyl (C=O) groups is 2. The SMILES string of the molecule is COc1cc2nccc(Oc3ccc(NC(=O)c4c(C)n(C[C@@H](C)OC(=O)[C@H](C)N)n(-c5ccccc5)c4=O)cc3F)c2cc1OC.Cl. The molecule has 2 atom stereocenters. The second kappa shape index (κ2) is 15.0. The molecule has 0 aliphatic carbocycles. The fourth-order valence-corrected chi connectivity index (χ4v) is 5.05. The summed E-state index contributed by atoms with van der Waals surface area (Å²) in [5, 5.41) is 3.19. The summed E-state index contributed by atoms with van der Waals surface area (Å²) in [4.78, 5) is 43.7. The van der Waals surface area contributed by atoms with Crippen molar-refractivity contribution in [1.29, 1.82) is 0 Å². The molecule has 5 rings (SSSR count). The second-order valence-electron chi connectivity index (χ2n) is 10.8. The highest BCUT2D eigenvalue weighted by molar-refractivity contribution is 6.05. The summed E-state index contributed by atoms with van der Waals surface area (Å²) in [5.41, 5.74) is 6.34. The van der Waals surface area contributed by atoms with E-state index < -0.39 is 35.4 Å². The van der Waals surface area contributed by atoms with Gasteiger partial charge in [0.1, 0.15) is 23.5 Å². The average molecular weight is 680 g/mol. The van der Waals surface area contributed by atoms with Gasteiger partial charge >= 0.3 is 5.97 Å². The molecule has 0 spiro atoms. The zero-order chi connectivity index (χ0) is 33.8. The minimum absolute atomic E-state index is 0. The molecule has 12 nitrogen and oxygen atoms in total. The number of para-hydroxylation sites is 1. The number of anilines is 1.